The standard InChI is InChI=1S/C27H20O8/c1-30-18-6-3-14(9-21(18)31-2)10-23-26(29)16-5-8-20-25(27(16)35-23)17(12-24(28)34-20)15-4-7-19-22(11-15)33-13-32-19/h3-11,17H,12-13H2,1-2H3/b23-10-. The van der Waals surface area contributed by atoms with Gasteiger partial charge in [0.2, 0.25) is 12.6 Å². The third-order valence-electron chi connectivity index (χ3n) is 6.28. The maximum Gasteiger partial charge on any atom is 0.312 e. The summed E-state index contributed by atoms with van der Waals surface area (Å²) in [6, 6.07) is 14.2. The van der Waals surface area contributed by atoms with Crippen LogP contribution in [-0.4, -0.2) is 32.8 Å². The number of carbonyl (C=O) groups excluding carboxylic acids is 2. The van der Waals surface area contributed by atoms with E-state index in [0.717, 1.165) is 5.56 Å². The van der Waals surface area contributed by atoms with Crippen molar-refractivity contribution >= 4 is 17.8 Å². The molecule has 3 heterocycles. The number of benzene rings is 3. The average Bonchev–Trinajstić information content (AvgIpc) is 3.47. The third-order valence-corrected chi connectivity index (χ3v) is 6.28. The van der Waals surface area contributed by atoms with Crippen molar-refractivity contribution in [2.24, 2.45) is 0 Å². The van der Waals surface area contributed by atoms with Crippen LogP contribution < -0.4 is 28.4 Å². The van der Waals surface area contributed by atoms with Crippen molar-refractivity contribution in [1.29, 1.82) is 0 Å². The molecule has 8 nitrogen and oxygen atoms in total. The van der Waals surface area contributed by atoms with Gasteiger partial charge in [0.05, 0.1) is 26.2 Å². The molecule has 1 atom stereocenters. The van der Waals surface area contributed by atoms with E-state index in [-0.39, 0.29) is 36.6 Å². The van der Waals surface area contributed by atoms with Gasteiger partial charge in [-0.15, -0.1) is 0 Å². The molecule has 0 fully saturated rings. The number of rotatable bonds is 4. The number of ether oxygens (including phenoxy) is 6. The molecule has 35 heavy (non-hydrogen) atoms. The first kappa shape index (κ1) is 21.1. The van der Waals surface area contributed by atoms with Crippen molar-refractivity contribution in [2.45, 2.75) is 12.3 Å². The Hall–Kier alpha value is -4.46. The van der Waals surface area contributed by atoms with Crippen LogP contribution >= 0.6 is 0 Å². The summed E-state index contributed by atoms with van der Waals surface area (Å²) in [5.41, 5.74) is 2.63. The molecule has 0 saturated heterocycles. The molecule has 6 rings (SSSR count). The summed E-state index contributed by atoms with van der Waals surface area (Å²) < 4.78 is 33.2. The molecule has 0 radical (unpaired) electrons. The van der Waals surface area contributed by atoms with Gasteiger partial charge in [0.1, 0.15) is 11.5 Å². The lowest BCUT2D eigenvalue weighted by Crippen LogP contribution is -2.21. The normalized spacial score (nSPS) is 18.6. The number of hydrogen-bond donors (Lipinski definition) is 0. The first-order valence-corrected chi connectivity index (χ1v) is 11.0. The minimum atomic E-state index is -0.371. The van der Waals surface area contributed by atoms with Gasteiger partial charge in [-0.05, 0) is 53.6 Å². The molecule has 3 aromatic rings. The number of ketones is 1. The van der Waals surface area contributed by atoms with Gasteiger partial charge in [-0.1, -0.05) is 12.1 Å². The fourth-order valence-electron chi connectivity index (χ4n) is 4.61. The summed E-state index contributed by atoms with van der Waals surface area (Å²) in [4.78, 5) is 25.6. The van der Waals surface area contributed by atoms with Gasteiger partial charge in [-0.3, -0.25) is 9.59 Å². The van der Waals surface area contributed by atoms with Gasteiger partial charge in [0.15, 0.2) is 28.8 Å². The highest BCUT2D eigenvalue weighted by molar-refractivity contribution is 6.15. The molecule has 0 bridgehead atoms. The predicted octanol–water partition coefficient (Wildman–Crippen LogP) is 4.49. The van der Waals surface area contributed by atoms with Crippen molar-refractivity contribution < 1.29 is 38.0 Å². The smallest absolute Gasteiger partial charge is 0.312 e. The monoisotopic (exact) mass is 472 g/mol. The zero-order valence-electron chi connectivity index (χ0n) is 19.0. The second-order valence-electron chi connectivity index (χ2n) is 8.25. The van der Waals surface area contributed by atoms with Gasteiger partial charge in [0.25, 0.3) is 0 Å². The zero-order chi connectivity index (χ0) is 24.1. The quantitative estimate of drug-likeness (QED) is 0.312. The molecular weight excluding hydrogens is 452 g/mol. The Morgan fingerprint density at radius 2 is 1.66 bits per heavy atom. The van der Waals surface area contributed by atoms with E-state index in [0.29, 0.717) is 51.2 Å². The molecule has 0 saturated carbocycles. The molecule has 0 aliphatic carbocycles. The number of esters is 1. The summed E-state index contributed by atoms with van der Waals surface area (Å²) in [5, 5.41) is 0. The fourth-order valence-corrected chi connectivity index (χ4v) is 4.61. The maximum absolute atomic E-state index is 13.2. The predicted molar refractivity (Wildman–Crippen MR) is 124 cm³/mol. The lowest BCUT2D eigenvalue weighted by Gasteiger charge is -2.26. The summed E-state index contributed by atoms with van der Waals surface area (Å²) in [6.07, 6.45) is 1.76. The SMILES string of the molecule is COc1ccc(/C=C2\Oc3c(ccc4c3C(c3ccc5c(c3)OCO5)CC(=O)O4)C2=O)cc1OC. The molecule has 3 aliphatic heterocycles. The number of carbonyl (C=O) groups is 2. The van der Waals surface area contributed by atoms with E-state index in [4.69, 9.17) is 28.4 Å². The van der Waals surface area contributed by atoms with Crippen LogP contribution in [0.25, 0.3) is 6.08 Å². The van der Waals surface area contributed by atoms with Crippen LogP contribution in [-0.2, 0) is 4.79 Å². The van der Waals surface area contributed by atoms with Crippen molar-refractivity contribution in [3.05, 3.63) is 76.5 Å². The van der Waals surface area contributed by atoms with E-state index in [9.17, 15) is 9.59 Å². The van der Waals surface area contributed by atoms with Crippen LogP contribution in [0, 0.1) is 0 Å². The fraction of sp³-hybridized carbons (Fsp3) is 0.185. The largest absolute Gasteiger partial charge is 0.493 e. The minimum absolute atomic E-state index is 0.107. The van der Waals surface area contributed by atoms with Crippen LogP contribution in [0.1, 0.15) is 39.4 Å². The van der Waals surface area contributed by atoms with Crippen molar-refractivity contribution in [3.8, 4) is 34.5 Å². The Bertz CT molecular complexity index is 1420. The average molecular weight is 472 g/mol. The summed E-state index contributed by atoms with van der Waals surface area (Å²) in [6.45, 7) is 0.152. The van der Waals surface area contributed by atoms with Crippen molar-refractivity contribution in [3.63, 3.8) is 0 Å². The molecule has 0 spiro atoms. The first-order valence-electron chi connectivity index (χ1n) is 11.0. The number of methoxy groups -OCH3 is 2. The number of Topliss-reactive ketones (excluding diaryl/α,β-unsaturated/α-hetero) is 1. The van der Waals surface area contributed by atoms with Crippen LogP contribution in [0.4, 0.5) is 0 Å². The molecule has 0 amide bonds. The molecule has 3 aliphatic rings. The van der Waals surface area contributed by atoms with Crippen molar-refractivity contribution in [1.82, 2.24) is 0 Å². The minimum Gasteiger partial charge on any atom is -0.493 e. The Kier molecular flexibility index (Phi) is 4.88. The molecule has 1 unspecified atom stereocenters. The van der Waals surface area contributed by atoms with Crippen molar-refractivity contribution in [2.75, 3.05) is 21.0 Å². The maximum atomic E-state index is 13.2. The summed E-state index contributed by atoms with van der Waals surface area (Å²) in [5.74, 6) is 2.35. The molecule has 8 heteroatoms. The van der Waals surface area contributed by atoms with Crippen LogP contribution in [0.5, 0.6) is 34.5 Å². The topological polar surface area (TPSA) is 89.5 Å². The lowest BCUT2D eigenvalue weighted by atomic mass is 9.84. The van der Waals surface area contributed by atoms with E-state index in [1.54, 1.807) is 50.6 Å². The zero-order valence-corrected chi connectivity index (χ0v) is 19.0. The molecule has 3 aromatic carbocycles. The highest BCUT2D eigenvalue weighted by Gasteiger charge is 2.39. The number of allylic oxidation sites excluding steroid dienone is 1. The second-order valence-corrected chi connectivity index (χ2v) is 8.25. The van der Waals surface area contributed by atoms with E-state index in [1.165, 1.54) is 0 Å². The third kappa shape index (κ3) is 3.45. The highest BCUT2D eigenvalue weighted by Crippen LogP contribution is 2.50. The number of hydrogen-bond acceptors (Lipinski definition) is 8. The summed E-state index contributed by atoms with van der Waals surface area (Å²) >= 11 is 0. The molecule has 176 valence electrons. The lowest BCUT2D eigenvalue weighted by molar-refractivity contribution is -0.135. The number of fused-ring (bicyclic) bond motifs is 4. The Morgan fingerprint density at radius 1 is 0.857 bits per heavy atom. The molecular formula is C27H20O8. The summed E-state index contributed by atoms with van der Waals surface area (Å²) in [7, 11) is 3.11. The van der Waals surface area contributed by atoms with Gasteiger partial charge in [0, 0.05) is 11.5 Å². The Morgan fingerprint density at radius 3 is 2.49 bits per heavy atom. The van der Waals surface area contributed by atoms with Crippen LogP contribution in [0.2, 0.25) is 0 Å². The van der Waals surface area contributed by atoms with Crippen LogP contribution in [0.3, 0.4) is 0 Å². The van der Waals surface area contributed by atoms with Gasteiger partial charge >= 0.3 is 5.97 Å². The molecule has 0 N–H and O–H groups in total. The second kappa shape index (κ2) is 8.09. The Labute approximate surface area is 200 Å². The van der Waals surface area contributed by atoms with Gasteiger partial charge in [-0.2, -0.15) is 0 Å². The highest BCUT2D eigenvalue weighted by atomic mass is 16.7. The van der Waals surface area contributed by atoms with E-state index in [2.05, 4.69) is 0 Å². The van der Waals surface area contributed by atoms with E-state index in [1.807, 2.05) is 18.2 Å². The van der Waals surface area contributed by atoms with Crippen LogP contribution in [0.15, 0.2) is 54.3 Å². The van der Waals surface area contributed by atoms with Gasteiger partial charge in [-0.25, -0.2) is 0 Å². The molecule has 0 aromatic heterocycles. The van der Waals surface area contributed by atoms with Gasteiger partial charge < -0.3 is 28.4 Å². The first-order chi connectivity index (χ1) is 17.1. The van der Waals surface area contributed by atoms with E-state index < -0.39 is 0 Å². The Balaban J connectivity index is 1.42. The van der Waals surface area contributed by atoms with E-state index >= 15 is 0 Å².